The fourth-order valence-electron chi connectivity index (χ4n) is 2.43. The van der Waals surface area contributed by atoms with Gasteiger partial charge < -0.3 is 4.74 Å². The highest BCUT2D eigenvalue weighted by Crippen LogP contribution is 2.27. The van der Waals surface area contributed by atoms with Gasteiger partial charge in [-0.3, -0.25) is 0 Å². The summed E-state index contributed by atoms with van der Waals surface area (Å²) in [7, 11) is 1.28. The molecule has 0 aliphatic rings. The van der Waals surface area contributed by atoms with Gasteiger partial charge in [-0.2, -0.15) is 5.26 Å². The van der Waals surface area contributed by atoms with Crippen molar-refractivity contribution in [3.8, 4) is 6.07 Å². The predicted octanol–water partition coefficient (Wildman–Crippen LogP) is 4.98. The molecule has 0 aliphatic heterocycles. The Balaban J connectivity index is 2.28. The topological polar surface area (TPSA) is 50.1 Å². The molecule has 2 rings (SSSR count). The summed E-state index contributed by atoms with van der Waals surface area (Å²) in [6.45, 7) is 6.13. The first-order chi connectivity index (χ1) is 11.9. The van der Waals surface area contributed by atoms with E-state index in [2.05, 4.69) is 48.9 Å². The van der Waals surface area contributed by atoms with Crippen LogP contribution in [0.2, 0.25) is 0 Å². The Kier molecular flexibility index (Phi) is 6.44. The zero-order valence-corrected chi connectivity index (χ0v) is 15.7. The molecule has 0 atom stereocenters. The highest BCUT2D eigenvalue weighted by molar-refractivity contribution is 7.98. The quantitative estimate of drug-likeness (QED) is 0.330. The standard InChI is InChI=1S/C21H21NO2S/c1-14-5-7-20(8-6-14)25-13-19-11-17(15(2)9-16(19)3)10-18(12-22)21(23)24-4/h5-11H,13H2,1-4H3. The summed E-state index contributed by atoms with van der Waals surface area (Å²) in [5.74, 6) is 0.217. The van der Waals surface area contributed by atoms with Crippen LogP contribution < -0.4 is 0 Å². The van der Waals surface area contributed by atoms with E-state index >= 15 is 0 Å². The molecule has 0 N–H and O–H groups in total. The molecule has 2 aromatic carbocycles. The largest absolute Gasteiger partial charge is 0.465 e. The number of aryl methyl sites for hydroxylation is 3. The van der Waals surface area contributed by atoms with Gasteiger partial charge in [-0.15, -0.1) is 11.8 Å². The van der Waals surface area contributed by atoms with E-state index in [0.717, 1.165) is 16.9 Å². The zero-order valence-electron chi connectivity index (χ0n) is 14.9. The molecule has 0 spiro atoms. The van der Waals surface area contributed by atoms with E-state index in [1.807, 2.05) is 19.1 Å². The number of methoxy groups -OCH3 is 1. The van der Waals surface area contributed by atoms with Crippen LogP contribution in [0.3, 0.4) is 0 Å². The number of esters is 1. The molecule has 0 amide bonds. The molecule has 0 saturated carbocycles. The number of nitriles is 1. The number of benzene rings is 2. The first-order valence-corrected chi connectivity index (χ1v) is 8.93. The monoisotopic (exact) mass is 351 g/mol. The van der Waals surface area contributed by atoms with Gasteiger partial charge in [-0.25, -0.2) is 4.79 Å². The fourth-order valence-corrected chi connectivity index (χ4v) is 3.39. The molecule has 2 aromatic rings. The van der Waals surface area contributed by atoms with E-state index in [1.165, 1.54) is 28.7 Å². The molecule has 25 heavy (non-hydrogen) atoms. The number of thioether (sulfide) groups is 1. The molecule has 128 valence electrons. The number of hydrogen-bond donors (Lipinski definition) is 0. The lowest BCUT2D eigenvalue weighted by molar-refractivity contribution is -0.135. The number of nitrogens with zero attached hydrogens (tertiary/aromatic N) is 1. The number of carbonyl (C=O) groups excluding carboxylic acids is 1. The van der Waals surface area contributed by atoms with Crippen molar-refractivity contribution in [3.63, 3.8) is 0 Å². The second kappa shape index (κ2) is 8.55. The smallest absolute Gasteiger partial charge is 0.348 e. The Hall–Kier alpha value is -2.51. The molecule has 0 aliphatic carbocycles. The molecule has 0 bridgehead atoms. The summed E-state index contributed by atoms with van der Waals surface area (Å²) in [6.07, 6.45) is 1.60. The van der Waals surface area contributed by atoms with Gasteiger partial charge in [0.1, 0.15) is 11.6 Å². The molecule has 3 nitrogen and oxygen atoms in total. The van der Waals surface area contributed by atoms with E-state index in [1.54, 1.807) is 17.8 Å². The summed E-state index contributed by atoms with van der Waals surface area (Å²) in [5, 5.41) is 9.15. The average Bonchev–Trinajstić information content (AvgIpc) is 2.61. The van der Waals surface area contributed by atoms with E-state index in [4.69, 9.17) is 5.26 Å². The molecule has 0 fully saturated rings. The van der Waals surface area contributed by atoms with Gasteiger partial charge in [0.15, 0.2) is 0 Å². The number of carbonyl (C=O) groups is 1. The highest BCUT2D eigenvalue weighted by Gasteiger charge is 2.11. The van der Waals surface area contributed by atoms with Crippen molar-refractivity contribution in [1.82, 2.24) is 0 Å². The lowest BCUT2D eigenvalue weighted by atomic mass is 9.99. The van der Waals surface area contributed by atoms with E-state index in [0.29, 0.717) is 0 Å². The summed E-state index contributed by atoms with van der Waals surface area (Å²) in [4.78, 5) is 12.8. The highest BCUT2D eigenvalue weighted by atomic mass is 32.2. The van der Waals surface area contributed by atoms with Gasteiger partial charge in [-0.1, -0.05) is 29.8 Å². The fraction of sp³-hybridized carbons (Fsp3) is 0.238. The van der Waals surface area contributed by atoms with Crippen molar-refractivity contribution in [2.45, 2.75) is 31.4 Å². The van der Waals surface area contributed by atoms with E-state index < -0.39 is 5.97 Å². The first kappa shape index (κ1) is 18.8. The predicted molar refractivity (Wildman–Crippen MR) is 102 cm³/mol. The normalized spacial score (nSPS) is 11.1. The molecule has 0 saturated heterocycles. The Morgan fingerprint density at radius 3 is 2.44 bits per heavy atom. The molecule has 0 radical (unpaired) electrons. The van der Waals surface area contributed by atoms with Crippen LogP contribution in [0.25, 0.3) is 6.08 Å². The first-order valence-electron chi connectivity index (χ1n) is 7.94. The summed E-state index contributed by atoms with van der Waals surface area (Å²) >= 11 is 1.77. The maximum Gasteiger partial charge on any atom is 0.348 e. The van der Waals surface area contributed by atoms with Gasteiger partial charge in [0, 0.05) is 10.6 Å². The second-order valence-corrected chi connectivity index (χ2v) is 6.95. The van der Waals surface area contributed by atoms with Crippen LogP contribution >= 0.6 is 11.8 Å². The number of ether oxygens (including phenoxy) is 1. The van der Waals surface area contributed by atoms with Crippen LogP contribution in [0.15, 0.2) is 46.9 Å². The van der Waals surface area contributed by atoms with Crippen molar-refractivity contribution < 1.29 is 9.53 Å². The summed E-state index contributed by atoms with van der Waals surface area (Å²) < 4.78 is 4.65. The third kappa shape index (κ3) is 4.98. The minimum atomic E-state index is -0.613. The minimum Gasteiger partial charge on any atom is -0.465 e. The molecule has 0 aromatic heterocycles. The van der Waals surface area contributed by atoms with E-state index in [-0.39, 0.29) is 5.57 Å². The SMILES string of the molecule is COC(=O)C(C#N)=Cc1cc(CSc2ccc(C)cc2)c(C)cc1C. The zero-order chi connectivity index (χ0) is 18.4. The molecule has 4 heteroatoms. The van der Waals surface area contributed by atoms with Crippen LogP contribution in [0.5, 0.6) is 0 Å². The Bertz CT molecular complexity index is 845. The number of hydrogen-bond acceptors (Lipinski definition) is 4. The summed E-state index contributed by atoms with van der Waals surface area (Å²) in [6, 6.07) is 14.5. The Morgan fingerprint density at radius 1 is 1.16 bits per heavy atom. The van der Waals surface area contributed by atoms with Crippen LogP contribution in [0, 0.1) is 32.1 Å². The third-order valence-corrected chi connectivity index (χ3v) is 5.03. The molecule has 0 unspecified atom stereocenters. The van der Waals surface area contributed by atoms with Gasteiger partial charge in [-0.05, 0) is 61.2 Å². The van der Waals surface area contributed by atoms with Crippen LogP contribution in [0.1, 0.15) is 27.8 Å². The Labute approximate surface area is 153 Å². The maximum absolute atomic E-state index is 11.6. The molecular weight excluding hydrogens is 330 g/mol. The molecule has 0 heterocycles. The van der Waals surface area contributed by atoms with Gasteiger partial charge in [0.2, 0.25) is 0 Å². The number of rotatable bonds is 5. The maximum atomic E-state index is 11.6. The van der Waals surface area contributed by atoms with Crippen molar-refractivity contribution in [1.29, 1.82) is 5.26 Å². The second-order valence-electron chi connectivity index (χ2n) is 5.90. The van der Waals surface area contributed by atoms with Crippen molar-refractivity contribution in [2.24, 2.45) is 0 Å². The van der Waals surface area contributed by atoms with Crippen molar-refractivity contribution in [3.05, 3.63) is 69.8 Å². The van der Waals surface area contributed by atoms with Crippen LogP contribution in [-0.2, 0) is 15.3 Å². The van der Waals surface area contributed by atoms with E-state index in [9.17, 15) is 4.79 Å². The lowest BCUT2D eigenvalue weighted by Crippen LogP contribution is -2.03. The average molecular weight is 351 g/mol. The Morgan fingerprint density at radius 2 is 1.84 bits per heavy atom. The summed E-state index contributed by atoms with van der Waals surface area (Å²) in [5.41, 5.74) is 5.53. The van der Waals surface area contributed by atoms with Crippen molar-refractivity contribution in [2.75, 3.05) is 7.11 Å². The van der Waals surface area contributed by atoms with Crippen molar-refractivity contribution >= 4 is 23.8 Å². The minimum absolute atomic E-state index is 0.00610. The van der Waals surface area contributed by atoms with Gasteiger partial charge >= 0.3 is 5.97 Å². The van der Waals surface area contributed by atoms with Gasteiger partial charge in [0.25, 0.3) is 0 Å². The molecular formula is C21H21NO2S. The lowest BCUT2D eigenvalue weighted by Gasteiger charge is -2.11. The van der Waals surface area contributed by atoms with Gasteiger partial charge in [0.05, 0.1) is 7.11 Å². The van der Waals surface area contributed by atoms with Crippen LogP contribution in [-0.4, -0.2) is 13.1 Å². The van der Waals surface area contributed by atoms with Crippen LogP contribution in [0.4, 0.5) is 0 Å². The third-order valence-electron chi connectivity index (χ3n) is 3.97.